The number of nitrogens with two attached hydrogens (primary N) is 1. The quantitative estimate of drug-likeness (QED) is 0.422. The number of hydrogen-bond donors (Lipinski definition) is 1. The number of nitrogens with zero attached hydrogens (tertiary/aromatic N) is 5. The lowest BCUT2D eigenvalue weighted by Crippen LogP contribution is -2.11. The largest absolute Gasteiger partial charge is 0.339 e. The van der Waals surface area contributed by atoms with Gasteiger partial charge in [-0.05, 0) is 13.3 Å². The van der Waals surface area contributed by atoms with Gasteiger partial charge in [0.25, 0.3) is 0 Å². The van der Waals surface area contributed by atoms with Gasteiger partial charge in [-0.3, -0.25) is 0 Å². The van der Waals surface area contributed by atoms with E-state index < -0.39 is 0 Å². The van der Waals surface area contributed by atoms with Crippen LogP contribution in [0, 0.1) is 6.92 Å². The summed E-state index contributed by atoms with van der Waals surface area (Å²) >= 11 is 1.56. The molecule has 8 heteroatoms. The van der Waals surface area contributed by atoms with Crippen LogP contribution < -0.4 is 5.84 Å². The topological polar surface area (TPSA) is 95.6 Å². The van der Waals surface area contributed by atoms with Gasteiger partial charge in [0.2, 0.25) is 16.9 Å². The Kier molecular flexibility index (Phi) is 4.38. The zero-order chi connectivity index (χ0) is 15.4. The Labute approximate surface area is 131 Å². The van der Waals surface area contributed by atoms with Crippen LogP contribution in [0.3, 0.4) is 0 Å². The molecule has 22 heavy (non-hydrogen) atoms. The Morgan fingerprint density at radius 3 is 2.77 bits per heavy atom. The molecular weight excluding hydrogens is 300 g/mol. The standard InChI is InChI=1S/C14H16N6OS/c1-10-17-18-14(20(10)15)22-9-5-8-12-16-13(19-21-12)11-6-3-2-4-7-11/h2-4,6-7H,5,8-9,15H2,1H3. The van der Waals surface area contributed by atoms with Crippen molar-refractivity contribution in [3.05, 3.63) is 42.0 Å². The molecule has 0 amide bonds. The zero-order valence-corrected chi connectivity index (χ0v) is 13.0. The van der Waals surface area contributed by atoms with E-state index in [0.29, 0.717) is 22.7 Å². The minimum atomic E-state index is 0.626. The molecule has 3 aromatic rings. The molecule has 0 radical (unpaired) electrons. The molecule has 2 aromatic heterocycles. The fourth-order valence-corrected chi connectivity index (χ4v) is 2.74. The number of rotatable bonds is 6. The van der Waals surface area contributed by atoms with Gasteiger partial charge in [0.1, 0.15) is 5.82 Å². The lowest BCUT2D eigenvalue weighted by atomic mass is 10.2. The van der Waals surface area contributed by atoms with Crippen molar-refractivity contribution in [1.29, 1.82) is 0 Å². The van der Waals surface area contributed by atoms with E-state index in [4.69, 9.17) is 10.4 Å². The molecule has 2 N–H and O–H groups in total. The van der Waals surface area contributed by atoms with Crippen molar-refractivity contribution < 1.29 is 4.52 Å². The summed E-state index contributed by atoms with van der Waals surface area (Å²) < 4.78 is 6.76. The third-order valence-electron chi connectivity index (χ3n) is 3.10. The highest BCUT2D eigenvalue weighted by Gasteiger charge is 2.09. The predicted molar refractivity (Wildman–Crippen MR) is 83.7 cm³/mol. The van der Waals surface area contributed by atoms with Gasteiger partial charge in [-0.25, -0.2) is 4.68 Å². The summed E-state index contributed by atoms with van der Waals surface area (Å²) in [5, 5.41) is 12.6. The van der Waals surface area contributed by atoms with Crippen LogP contribution >= 0.6 is 11.8 Å². The van der Waals surface area contributed by atoms with Crippen molar-refractivity contribution in [2.45, 2.75) is 24.9 Å². The first-order valence-electron chi connectivity index (χ1n) is 6.92. The highest BCUT2D eigenvalue weighted by atomic mass is 32.2. The molecule has 0 unspecified atom stereocenters. The van der Waals surface area contributed by atoms with E-state index in [9.17, 15) is 0 Å². The number of thioether (sulfide) groups is 1. The minimum absolute atomic E-state index is 0.626. The highest BCUT2D eigenvalue weighted by molar-refractivity contribution is 7.99. The third kappa shape index (κ3) is 3.28. The van der Waals surface area contributed by atoms with Gasteiger partial charge in [0, 0.05) is 17.7 Å². The van der Waals surface area contributed by atoms with E-state index in [1.807, 2.05) is 37.3 Å². The molecule has 0 fully saturated rings. The minimum Gasteiger partial charge on any atom is -0.339 e. The van der Waals surface area contributed by atoms with Crippen molar-refractivity contribution in [3.63, 3.8) is 0 Å². The normalized spacial score (nSPS) is 11.0. The SMILES string of the molecule is Cc1nnc(SCCCc2nc(-c3ccccc3)no2)n1N. The summed E-state index contributed by atoms with van der Waals surface area (Å²) in [5.41, 5.74) is 0.957. The summed E-state index contributed by atoms with van der Waals surface area (Å²) in [6.07, 6.45) is 1.62. The Morgan fingerprint density at radius 2 is 2.05 bits per heavy atom. The Balaban J connectivity index is 1.50. The number of benzene rings is 1. The first kappa shape index (κ1) is 14.6. The van der Waals surface area contributed by atoms with Crippen LogP contribution in [0.1, 0.15) is 18.1 Å². The molecule has 0 saturated heterocycles. The second-order valence-corrected chi connectivity index (χ2v) is 5.79. The number of hydrogen-bond acceptors (Lipinski definition) is 7. The van der Waals surface area contributed by atoms with Gasteiger partial charge < -0.3 is 10.4 Å². The van der Waals surface area contributed by atoms with Gasteiger partial charge in [-0.2, -0.15) is 4.98 Å². The van der Waals surface area contributed by atoms with Crippen LogP contribution in [0.15, 0.2) is 40.0 Å². The number of aryl methyl sites for hydroxylation is 2. The van der Waals surface area contributed by atoms with Crippen LogP contribution in [0.4, 0.5) is 0 Å². The van der Waals surface area contributed by atoms with Crippen LogP contribution in [0.2, 0.25) is 0 Å². The summed E-state index contributed by atoms with van der Waals surface area (Å²) in [4.78, 5) is 4.40. The van der Waals surface area contributed by atoms with Crippen molar-refractivity contribution >= 4 is 11.8 Å². The zero-order valence-electron chi connectivity index (χ0n) is 12.1. The van der Waals surface area contributed by atoms with Crippen molar-refractivity contribution in [3.8, 4) is 11.4 Å². The van der Waals surface area contributed by atoms with Crippen molar-refractivity contribution in [2.75, 3.05) is 11.6 Å². The average Bonchev–Trinajstić information content (AvgIpc) is 3.14. The number of aromatic nitrogens is 5. The fraction of sp³-hybridized carbons (Fsp3) is 0.286. The molecule has 2 heterocycles. The van der Waals surface area contributed by atoms with Crippen LogP contribution in [-0.2, 0) is 6.42 Å². The Bertz CT molecular complexity index is 739. The van der Waals surface area contributed by atoms with Crippen LogP contribution in [0.25, 0.3) is 11.4 Å². The predicted octanol–water partition coefficient (Wildman–Crippen LogP) is 2.08. The van der Waals surface area contributed by atoms with Gasteiger partial charge in [-0.15, -0.1) is 10.2 Å². The van der Waals surface area contributed by atoms with E-state index in [2.05, 4.69) is 20.3 Å². The molecule has 0 aliphatic rings. The summed E-state index contributed by atoms with van der Waals surface area (Å²) in [6, 6.07) is 9.78. The molecule has 114 valence electrons. The molecule has 7 nitrogen and oxygen atoms in total. The monoisotopic (exact) mass is 316 g/mol. The van der Waals surface area contributed by atoms with E-state index >= 15 is 0 Å². The molecule has 0 bridgehead atoms. The first-order valence-corrected chi connectivity index (χ1v) is 7.90. The third-order valence-corrected chi connectivity index (χ3v) is 4.13. The molecule has 3 rings (SSSR count). The molecule has 0 aliphatic carbocycles. The van der Waals surface area contributed by atoms with Gasteiger partial charge >= 0.3 is 0 Å². The smallest absolute Gasteiger partial charge is 0.226 e. The maximum absolute atomic E-state index is 5.79. The molecular formula is C14H16N6OS. The maximum Gasteiger partial charge on any atom is 0.226 e. The highest BCUT2D eigenvalue weighted by Crippen LogP contribution is 2.18. The van der Waals surface area contributed by atoms with E-state index in [1.54, 1.807) is 11.8 Å². The Hall–Kier alpha value is -2.35. The summed E-state index contributed by atoms with van der Waals surface area (Å²) in [6.45, 7) is 1.82. The lowest BCUT2D eigenvalue weighted by Gasteiger charge is -1.99. The van der Waals surface area contributed by atoms with Gasteiger partial charge in [-0.1, -0.05) is 47.3 Å². The van der Waals surface area contributed by atoms with E-state index in [-0.39, 0.29) is 0 Å². The van der Waals surface area contributed by atoms with E-state index in [0.717, 1.165) is 24.2 Å². The average molecular weight is 316 g/mol. The second kappa shape index (κ2) is 6.61. The van der Waals surface area contributed by atoms with Gasteiger partial charge in [0.05, 0.1) is 0 Å². The van der Waals surface area contributed by atoms with Crippen molar-refractivity contribution in [1.82, 2.24) is 25.0 Å². The molecule has 1 aromatic carbocycles. The van der Waals surface area contributed by atoms with Gasteiger partial charge in [0.15, 0.2) is 0 Å². The summed E-state index contributed by atoms with van der Waals surface area (Å²) in [5.74, 6) is 8.62. The molecule has 0 saturated carbocycles. The second-order valence-electron chi connectivity index (χ2n) is 4.73. The van der Waals surface area contributed by atoms with Crippen LogP contribution in [-0.4, -0.2) is 30.8 Å². The molecule has 0 spiro atoms. The molecule has 0 aliphatic heterocycles. The lowest BCUT2D eigenvalue weighted by molar-refractivity contribution is 0.378. The van der Waals surface area contributed by atoms with E-state index in [1.165, 1.54) is 4.68 Å². The summed E-state index contributed by atoms with van der Waals surface area (Å²) in [7, 11) is 0. The number of nitrogen functional groups attached to an aromatic ring is 1. The fourth-order valence-electron chi connectivity index (χ4n) is 1.90. The van der Waals surface area contributed by atoms with Crippen LogP contribution in [0.5, 0.6) is 0 Å². The Morgan fingerprint density at radius 1 is 1.23 bits per heavy atom. The van der Waals surface area contributed by atoms with Crippen molar-refractivity contribution in [2.24, 2.45) is 0 Å². The maximum atomic E-state index is 5.79. The molecule has 0 atom stereocenters. The first-order chi connectivity index (χ1) is 10.7.